The lowest BCUT2D eigenvalue weighted by Crippen LogP contribution is -2.45. The molecule has 0 aliphatic rings. The molecule has 1 atom stereocenters. The molecule has 18 heavy (non-hydrogen) atoms. The Morgan fingerprint density at radius 3 is 2.33 bits per heavy atom. The van der Waals surface area contributed by atoms with Crippen molar-refractivity contribution in [2.75, 3.05) is 13.1 Å². The number of amides is 1. The maximum absolute atomic E-state index is 12.5. The van der Waals surface area contributed by atoms with Crippen LogP contribution in [0.2, 0.25) is 0 Å². The SMILES string of the molecule is CCN(Cc1ccccc1)C(=O)C(C)(CC)CN. The van der Waals surface area contributed by atoms with Gasteiger partial charge in [0.2, 0.25) is 5.91 Å². The summed E-state index contributed by atoms with van der Waals surface area (Å²) in [4.78, 5) is 14.4. The van der Waals surface area contributed by atoms with E-state index < -0.39 is 5.41 Å². The lowest BCUT2D eigenvalue weighted by molar-refractivity contribution is -0.141. The van der Waals surface area contributed by atoms with Gasteiger partial charge < -0.3 is 10.6 Å². The van der Waals surface area contributed by atoms with Gasteiger partial charge in [0.05, 0.1) is 5.41 Å². The zero-order valence-corrected chi connectivity index (χ0v) is 11.6. The summed E-state index contributed by atoms with van der Waals surface area (Å²) in [5, 5.41) is 0. The summed E-state index contributed by atoms with van der Waals surface area (Å²) in [6.07, 6.45) is 0.771. The lowest BCUT2D eigenvalue weighted by Gasteiger charge is -2.32. The molecule has 1 unspecified atom stereocenters. The largest absolute Gasteiger partial charge is 0.338 e. The topological polar surface area (TPSA) is 46.3 Å². The third-order valence-electron chi connectivity index (χ3n) is 3.63. The van der Waals surface area contributed by atoms with Gasteiger partial charge in [-0.3, -0.25) is 4.79 Å². The number of benzene rings is 1. The normalized spacial score (nSPS) is 14.0. The lowest BCUT2D eigenvalue weighted by atomic mass is 9.86. The van der Waals surface area contributed by atoms with E-state index in [1.165, 1.54) is 0 Å². The predicted octanol–water partition coefficient (Wildman–Crippen LogP) is 2.41. The highest BCUT2D eigenvalue weighted by Crippen LogP contribution is 2.23. The van der Waals surface area contributed by atoms with Crippen molar-refractivity contribution in [3.63, 3.8) is 0 Å². The Morgan fingerprint density at radius 2 is 1.89 bits per heavy atom. The summed E-state index contributed by atoms with van der Waals surface area (Å²) in [6.45, 7) is 7.74. The molecule has 0 fully saturated rings. The fraction of sp³-hybridized carbons (Fsp3) is 0.533. The number of carbonyl (C=O) groups is 1. The molecule has 3 heteroatoms. The van der Waals surface area contributed by atoms with E-state index in [1.54, 1.807) is 0 Å². The smallest absolute Gasteiger partial charge is 0.230 e. The van der Waals surface area contributed by atoms with E-state index in [0.717, 1.165) is 12.0 Å². The minimum atomic E-state index is -0.440. The van der Waals surface area contributed by atoms with Gasteiger partial charge >= 0.3 is 0 Å². The Bertz CT molecular complexity index is 371. The van der Waals surface area contributed by atoms with Crippen molar-refractivity contribution in [2.24, 2.45) is 11.1 Å². The molecule has 100 valence electrons. The van der Waals surface area contributed by atoms with Gasteiger partial charge in [0.1, 0.15) is 0 Å². The molecular weight excluding hydrogens is 224 g/mol. The van der Waals surface area contributed by atoms with Gasteiger partial charge in [-0.15, -0.1) is 0 Å². The highest BCUT2D eigenvalue weighted by atomic mass is 16.2. The third-order valence-corrected chi connectivity index (χ3v) is 3.63. The van der Waals surface area contributed by atoms with Gasteiger partial charge in [0.25, 0.3) is 0 Å². The van der Waals surface area contributed by atoms with E-state index in [-0.39, 0.29) is 5.91 Å². The molecule has 1 rings (SSSR count). The number of hydrogen-bond donors (Lipinski definition) is 1. The average Bonchev–Trinajstić information content (AvgIpc) is 2.44. The number of rotatable bonds is 6. The first-order chi connectivity index (χ1) is 8.57. The first kappa shape index (κ1) is 14.7. The number of carbonyl (C=O) groups excluding carboxylic acids is 1. The third kappa shape index (κ3) is 3.33. The second-order valence-corrected chi connectivity index (χ2v) is 4.92. The van der Waals surface area contributed by atoms with Crippen molar-refractivity contribution in [1.82, 2.24) is 4.90 Å². The second kappa shape index (κ2) is 6.55. The maximum Gasteiger partial charge on any atom is 0.230 e. The Balaban J connectivity index is 2.81. The summed E-state index contributed by atoms with van der Waals surface area (Å²) < 4.78 is 0. The van der Waals surface area contributed by atoms with Crippen molar-refractivity contribution in [3.05, 3.63) is 35.9 Å². The van der Waals surface area contributed by atoms with E-state index in [2.05, 4.69) is 0 Å². The second-order valence-electron chi connectivity index (χ2n) is 4.92. The molecule has 0 bridgehead atoms. The van der Waals surface area contributed by atoms with Crippen LogP contribution in [0.25, 0.3) is 0 Å². The summed E-state index contributed by atoms with van der Waals surface area (Å²) >= 11 is 0. The highest BCUT2D eigenvalue weighted by Gasteiger charge is 2.33. The van der Waals surface area contributed by atoms with E-state index >= 15 is 0 Å². The Morgan fingerprint density at radius 1 is 1.28 bits per heavy atom. The molecule has 0 heterocycles. The van der Waals surface area contributed by atoms with Crippen LogP contribution in [0.1, 0.15) is 32.8 Å². The molecule has 0 saturated heterocycles. The van der Waals surface area contributed by atoms with E-state index in [0.29, 0.717) is 19.6 Å². The highest BCUT2D eigenvalue weighted by molar-refractivity contribution is 5.82. The van der Waals surface area contributed by atoms with E-state index in [9.17, 15) is 4.79 Å². The van der Waals surface area contributed by atoms with Crippen LogP contribution in [0.4, 0.5) is 0 Å². The van der Waals surface area contributed by atoms with Crippen molar-refractivity contribution in [2.45, 2.75) is 33.7 Å². The fourth-order valence-corrected chi connectivity index (χ4v) is 1.90. The molecular formula is C15H24N2O. The minimum Gasteiger partial charge on any atom is -0.338 e. The maximum atomic E-state index is 12.5. The number of hydrogen-bond acceptors (Lipinski definition) is 2. The summed E-state index contributed by atoms with van der Waals surface area (Å²) in [5.74, 6) is 0.152. The van der Waals surface area contributed by atoms with Gasteiger partial charge in [0.15, 0.2) is 0 Å². The number of nitrogens with two attached hydrogens (primary N) is 1. The van der Waals surface area contributed by atoms with Gasteiger partial charge in [-0.05, 0) is 25.8 Å². The van der Waals surface area contributed by atoms with Crippen LogP contribution in [0.3, 0.4) is 0 Å². The average molecular weight is 248 g/mol. The summed E-state index contributed by atoms with van der Waals surface area (Å²) in [7, 11) is 0. The quantitative estimate of drug-likeness (QED) is 0.840. The van der Waals surface area contributed by atoms with E-state index in [4.69, 9.17) is 5.73 Å². The Kier molecular flexibility index (Phi) is 5.35. The zero-order valence-electron chi connectivity index (χ0n) is 11.6. The Hall–Kier alpha value is -1.35. The minimum absolute atomic E-state index is 0.152. The predicted molar refractivity (Wildman–Crippen MR) is 75.0 cm³/mol. The molecule has 1 aromatic rings. The van der Waals surface area contributed by atoms with Gasteiger partial charge in [0, 0.05) is 19.6 Å². The first-order valence-corrected chi connectivity index (χ1v) is 6.60. The van der Waals surface area contributed by atoms with Gasteiger partial charge in [-0.25, -0.2) is 0 Å². The van der Waals surface area contributed by atoms with Crippen molar-refractivity contribution < 1.29 is 4.79 Å². The number of nitrogens with zero attached hydrogens (tertiary/aromatic N) is 1. The Labute approximate surface area is 110 Å². The van der Waals surface area contributed by atoms with Crippen LogP contribution in [0.5, 0.6) is 0 Å². The van der Waals surface area contributed by atoms with Gasteiger partial charge in [-0.2, -0.15) is 0 Å². The standard InChI is InChI=1S/C15H24N2O/c1-4-15(3,12-16)14(18)17(5-2)11-13-9-7-6-8-10-13/h6-10H,4-5,11-12,16H2,1-3H3. The molecule has 0 saturated carbocycles. The fourth-order valence-electron chi connectivity index (χ4n) is 1.90. The molecule has 2 N–H and O–H groups in total. The first-order valence-electron chi connectivity index (χ1n) is 6.60. The monoisotopic (exact) mass is 248 g/mol. The van der Waals surface area contributed by atoms with Crippen LogP contribution >= 0.6 is 0 Å². The molecule has 1 aromatic carbocycles. The van der Waals surface area contributed by atoms with Crippen molar-refractivity contribution >= 4 is 5.91 Å². The molecule has 0 spiro atoms. The van der Waals surface area contributed by atoms with E-state index in [1.807, 2.05) is 56.0 Å². The van der Waals surface area contributed by atoms with Crippen LogP contribution in [-0.2, 0) is 11.3 Å². The summed E-state index contributed by atoms with van der Waals surface area (Å²) in [6, 6.07) is 10.1. The van der Waals surface area contributed by atoms with Crippen LogP contribution in [0.15, 0.2) is 30.3 Å². The molecule has 1 amide bonds. The molecule has 0 aliphatic heterocycles. The van der Waals surface area contributed by atoms with Crippen LogP contribution in [0, 0.1) is 5.41 Å². The molecule has 0 aliphatic carbocycles. The zero-order chi connectivity index (χ0) is 13.6. The summed E-state index contributed by atoms with van der Waals surface area (Å²) in [5.41, 5.74) is 6.47. The molecule has 3 nitrogen and oxygen atoms in total. The van der Waals surface area contributed by atoms with Gasteiger partial charge in [-0.1, -0.05) is 37.3 Å². The van der Waals surface area contributed by atoms with Crippen LogP contribution < -0.4 is 5.73 Å². The van der Waals surface area contributed by atoms with Crippen LogP contribution in [-0.4, -0.2) is 23.9 Å². The van der Waals surface area contributed by atoms with Crippen molar-refractivity contribution in [3.8, 4) is 0 Å². The molecule has 0 radical (unpaired) electrons. The van der Waals surface area contributed by atoms with Crippen molar-refractivity contribution in [1.29, 1.82) is 0 Å². The molecule has 0 aromatic heterocycles.